The third kappa shape index (κ3) is 2.27. The Bertz CT molecular complexity index is 612. The summed E-state index contributed by atoms with van der Waals surface area (Å²) < 4.78 is 25.5. The maximum absolute atomic E-state index is 12.2. The van der Waals surface area contributed by atoms with E-state index in [0.717, 1.165) is 12.1 Å². The lowest BCUT2D eigenvalue weighted by molar-refractivity contribution is -0.117. The van der Waals surface area contributed by atoms with E-state index in [1.165, 1.54) is 0 Å². The number of rotatable bonds is 3. The summed E-state index contributed by atoms with van der Waals surface area (Å²) in [5, 5.41) is 3.92. The van der Waals surface area contributed by atoms with Crippen molar-refractivity contribution in [2.24, 2.45) is 5.41 Å². The average Bonchev–Trinajstić information content (AvgIpc) is 3.11. The Labute approximate surface area is 123 Å². The number of anilines is 1. The molecule has 1 amide bonds. The quantitative estimate of drug-likeness (QED) is 0.850. The van der Waals surface area contributed by atoms with Crippen LogP contribution in [0.2, 0.25) is 0 Å². The van der Waals surface area contributed by atoms with E-state index in [2.05, 4.69) is 0 Å². The van der Waals surface area contributed by atoms with Crippen LogP contribution in [0.3, 0.4) is 0 Å². The van der Waals surface area contributed by atoms with Crippen LogP contribution in [0.1, 0.15) is 19.8 Å². The molecule has 110 valence electrons. The van der Waals surface area contributed by atoms with Gasteiger partial charge in [0, 0.05) is 36.9 Å². The van der Waals surface area contributed by atoms with E-state index in [0.29, 0.717) is 26.1 Å². The zero-order chi connectivity index (χ0) is 14.4. The molecule has 0 aromatic carbocycles. The first-order chi connectivity index (χ1) is 9.46. The van der Waals surface area contributed by atoms with Crippen molar-refractivity contribution >= 4 is 33.0 Å². The number of carbonyl (C=O) groups excluding carboxylic acids is 1. The fourth-order valence-electron chi connectivity index (χ4n) is 3.13. The second-order valence-electron chi connectivity index (χ2n) is 5.62. The molecule has 3 rings (SSSR count). The number of sulfonamides is 1. The third-order valence-corrected chi connectivity index (χ3v) is 6.80. The highest BCUT2D eigenvalue weighted by molar-refractivity contribution is 7.89. The van der Waals surface area contributed by atoms with Crippen LogP contribution in [0.25, 0.3) is 0 Å². The van der Waals surface area contributed by atoms with Crippen LogP contribution < -0.4 is 4.90 Å². The number of hydrogen-bond donors (Lipinski definition) is 0. The Morgan fingerprint density at radius 1 is 1.40 bits per heavy atom. The highest BCUT2D eigenvalue weighted by atomic mass is 32.2. The van der Waals surface area contributed by atoms with Crippen molar-refractivity contribution in [1.29, 1.82) is 0 Å². The van der Waals surface area contributed by atoms with Gasteiger partial charge in [-0.2, -0.15) is 11.3 Å². The lowest BCUT2D eigenvalue weighted by Crippen LogP contribution is -2.34. The summed E-state index contributed by atoms with van der Waals surface area (Å²) >= 11 is 1.57. The summed E-state index contributed by atoms with van der Waals surface area (Å²) in [5.41, 5.74) is 0.745. The molecule has 1 aromatic heterocycles. The number of nitrogens with zero attached hydrogens (tertiary/aromatic N) is 2. The van der Waals surface area contributed by atoms with Gasteiger partial charge in [0.15, 0.2) is 0 Å². The molecular formula is C13H18N2O3S2. The zero-order valence-electron chi connectivity index (χ0n) is 11.4. The predicted molar refractivity (Wildman–Crippen MR) is 79.4 cm³/mol. The number of hydrogen-bond acceptors (Lipinski definition) is 4. The van der Waals surface area contributed by atoms with E-state index in [1.807, 2.05) is 16.8 Å². The minimum absolute atomic E-state index is 0.110. The summed E-state index contributed by atoms with van der Waals surface area (Å²) in [6, 6.07) is 1.94. The minimum Gasteiger partial charge on any atom is -0.311 e. The Morgan fingerprint density at radius 3 is 2.85 bits per heavy atom. The van der Waals surface area contributed by atoms with Crippen molar-refractivity contribution in [2.45, 2.75) is 19.8 Å². The summed E-state index contributed by atoms with van der Waals surface area (Å²) in [6.07, 6.45) is 1.23. The molecule has 1 spiro atoms. The minimum atomic E-state index is -3.14. The van der Waals surface area contributed by atoms with Gasteiger partial charge in [-0.25, -0.2) is 12.7 Å². The van der Waals surface area contributed by atoms with Crippen molar-refractivity contribution in [3.05, 3.63) is 16.8 Å². The fourth-order valence-corrected chi connectivity index (χ4v) is 4.98. The van der Waals surface area contributed by atoms with Gasteiger partial charge in [0.1, 0.15) is 0 Å². The van der Waals surface area contributed by atoms with Crippen molar-refractivity contribution in [1.82, 2.24) is 4.31 Å². The van der Waals surface area contributed by atoms with Crippen LogP contribution in [0.5, 0.6) is 0 Å². The molecule has 0 saturated carbocycles. The van der Waals surface area contributed by atoms with Crippen LogP contribution in [0, 0.1) is 5.41 Å². The maximum Gasteiger partial charge on any atom is 0.227 e. The van der Waals surface area contributed by atoms with Crippen LogP contribution in [-0.2, 0) is 14.8 Å². The number of amides is 1. The van der Waals surface area contributed by atoms with Crippen LogP contribution in [0.15, 0.2) is 16.8 Å². The summed E-state index contributed by atoms with van der Waals surface area (Å²) in [5.74, 6) is 0.241. The van der Waals surface area contributed by atoms with E-state index in [9.17, 15) is 13.2 Å². The Balaban J connectivity index is 1.79. The molecule has 1 atom stereocenters. The Kier molecular flexibility index (Phi) is 3.38. The Morgan fingerprint density at radius 2 is 2.20 bits per heavy atom. The maximum atomic E-state index is 12.2. The molecule has 3 heterocycles. The van der Waals surface area contributed by atoms with Crippen LogP contribution in [-0.4, -0.2) is 44.0 Å². The molecule has 20 heavy (non-hydrogen) atoms. The van der Waals surface area contributed by atoms with Gasteiger partial charge in [0.25, 0.3) is 0 Å². The van der Waals surface area contributed by atoms with E-state index in [1.54, 1.807) is 27.5 Å². The van der Waals surface area contributed by atoms with Crippen molar-refractivity contribution in [3.63, 3.8) is 0 Å². The highest BCUT2D eigenvalue weighted by Crippen LogP contribution is 2.42. The monoisotopic (exact) mass is 314 g/mol. The lowest BCUT2D eigenvalue weighted by Gasteiger charge is -2.23. The molecule has 5 nitrogen and oxygen atoms in total. The molecule has 7 heteroatoms. The van der Waals surface area contributed by atoms with Gasteiger partial charge in [-0.1, -0.05) is 0 Å². The van der Waals surface area contributed by atoms with Crippen molar-refractivity contribution < 1.29 is 13.2 Å². The lowest BCUT2D eigenvalue weighted by atomic mass is 9.86. The molecule has 0 N–H and O–H groups in total. The van der Waals surface area contributed by atoms with Crippen LogP contribution >= 0.6 is 11.3 Å². The molecule has 0 bridgehead atoms. The summed E-state index contributed by atoms with van der Waals surface area (Å²) in [6.45, 7) is 3.33. The smallest absolute Gasteiger partial charge is 0.227 e. The van der Waals surface area contributed by atoms with Crippen molar-refractivity contribution in [2.75, 3.05) is 30.3 Å². The molecule has 2 aliphatic rings. The summed E-state index contributed by atoms with van der Waals surface area (Å²) in [7, 11) is -3.14. The number of carbonyl (C=O) groups is 1. The van der Waals surface area contributed by atoms with E-state index in [-0.39, 0.29) is 17.1 Å². The van der Waals surface area contributed by atoms with E-state index >= 15 is 0 Å². The van der Waals surface area contributed by atoms with Gasteiger partial charge < -0.3 is 4.90 Å². The second-order valence-corrected chi connectivity index (χ2v) is 8.66. The zero-order valence-corrected chi connectivity index (χ0v) is 13.0. The molecule has 1 unspecified atom stereocenters. The van der Waals surface area contributed by atoms with Gasteiger partial charge in [0.2, 0.25) is 15.9 Å². The van der Waals surface area contributed by atoms with E-state index in [4.69, 9.17) is 0 Å². The molecule has 0 aliphatic carbocycles. The van der Waals surface area contributed by atoms with E-state index < -0.39 is 10.0 Å². The molecular weight excluding hydrogens is 296 g/mol. The molecule has 1 aromatic rings. The van der Waals surface area contributed by atoms with Gasteiger partial charge >= 0.3 is 0 Å². The standard InChI is InChI=1S/C13H18N2O3S2/c1-2-20(17,18)14-5-4-13(9-14)7-12(16)15(10-13)11-3-6-19-8-11/h3,6,8H,2,4-5,7,9-10H2,1H3. The largest absolute Gasteiger partial charge is 0.311 e. The average molecular weight is 314 g/mol. The van der Waals surface area contributed by atoms with Crippen molar-refractivity contribution in [3.8, 4) is 0 Å². The molecule has 0 radical (unpaired) electrons. The topological polar surface area (TPSA) is 57.7 Å². The highest BCUT2D eigenvalue weighted by Gasteiger charge is 2.49. The third-order valence-electron chi connectivity index (χ3n) is 4.30. The number of thiophene rings is 1. The molecule has 2 saturated heterocycles. The first kappa shape index (κ1) is 14.0. The second kappa shape index (κ2) is 4.82. The fraction of sp³-hybridized carbons (Fsp3) is 0.615. The van der Waals surface area contributed by atoms with Crippen LogP contribution in [0.4, 0.5) is 5.69 Å². The Hall–Kier alpha value is -0.920. The predicted octanol–water partition coefficient (Wildman–Crippen LogP) is 1.53. The van der Waals surface area contributed by atoms with Gasteiger partial charge in [-0.15, -0.1) is 0 Å². The molecule has 2 aliphatic heterocycles. The summed E-state index contributed by atoms with van der Waals surface area (Å²) in [4.78, 5) is 14.0. The van der Waals surface area contributed by atoms with Gasteiger partial charge in [0.05, 0.1) is 11.4 Å². The normalized spacial score (nSPS) is 27.9. The molecule has 2 fully saturated rings. The first-order valence-corrected chi connectivity index (χ1v) is 9.31. The first-order valence-electron chi connectivity index (χ1n) is 6.76. The SMILES string of the molecule is CCS(=O)(=O)N1CCC2(CC(=O)N(c3ccsc3)C2)C1. The van der Waals surface area contributed by atoms with Gasteiger partial charge in [-0.3, -0.25) is 4.79 Å². The van der Waals surface area contributed by atoms with Gasteiger partial charge in [-0.05, 0) is 24.8 Å².